The number of amides is 1. The van der Waals surface area contributed by atoms with Gasteiger partial charge in [-0.15, -0.1) is 10.2 Å². The highest BCUT2D eigenvalue weighted by Crippen LogP contribution is 2.41. The molecular weight excluding hydrogens is 486 g/mol. The molecule has 0 radical (unpaired) electrons. The number of carbonyl (C=O) groups excluding carboxylic acids is 1. The minimum atomic E-state index is -3.62. The van der Waals surface area contributed by atoms with Crippen molar-refractivity contribution in [2.75, 3.05) is 26.3 Å². The summed E-state index contributed by atoms with van der Waals surface area (Å²) in [5.41, 5.74) is 3.34. The summed E-state index contributed by atoms with van der Waals surface area (Å²) in [6, 6.07) is 14.5. The lowest BCUT2D eigenvalue weighted by molar-refractivity contribution is 0.0298. The monoisotopic (exact) mass is 507 g/mol. The van der Waals surface area contributed by atoms with E-state index in [0.29, 0.717) is 48.8 Å². The number of hydrogen-bond acceptors (Lipinski definition) is 8. The van der Waals surface area contributed by atoms with Gasteiger partial charge in [0.25, 0.3) is 5.91 Å². The van der Waals surface area contributed by atoms with Gasteiger partial charge >= 0.3 is 0 Å². The molecule has 4 aromatic rings. The van der Waals surface area contributed by atoms with Crippen LogP contribution in [-0.4, -0.2) is 65.5 Å². The Bertz CT molecular complexity index is 1570. The van der Waals surface area contributed by atoms with E-state index in [9.17, 15) is 13.2 Å². The molecule has 0 N–H and O–H groups in total. The number of hydrogen-bond donors (Lipinski definition) is 0. The molecule has 0 spiro atoms. The molecule has 2 aromatic heterocycles. The largest absolute Gasteiger partial charge is 0.378 e. The normalized spacial score (nSPS) is 16.5. The maximum Gasteiger partial charge on any atom is 0.274 e. The third-order valence-electron chi connectivity index (χ3n) is 6.16. The van der Waals surface area contributed by atoms with Crippen LogP contribution in [0, 0.1) is 6.92 Å². The Morgan fingerprint density at radius 3 is 2.63 bits per heavy atom. The molecule has 11 heteroatoms. The lowest BCUT2D eigenvalue weighted by Gasteiger charge is -2.26. The average molecular weight is 508 g/mol. The van der Waals surface area contributed by atoms with Gasteiger partial charge in [0.1, 0.15) is 10.0 Å². The lowest BCUT2D eigenvalue weighted by atomic mass is 10.0. The molecule has 2 aromatic carbocycles. The SMILES string of the molecule is Cc1nnc(-c2cccc(-n3nc(C(=O)N4CCOCC4)c4c3-c3ccccc3S(=O)(=O)C4)c2)s1. The zero-order chi connectivity index (χ0) is 24.2. The van der Waals surface area contributed by atoms with Crippen LogP contribution in [0.3, 0.4) is 0 Å². The molecule has 1 saturated heterocycles. The van der Waals surface area contributed by atoms with Crippen LogP contribution < -0.4 is 0 Å². The highest BCUT2D eigenvalue weighted by Gasteiger charge is 2.37. The molecule has 2 aliphatic heterocycles. The van der Waals surface area contributed by atoms with Crippen molar-refractivity contribution in [2.45, 2.75) is 17.6 Å². The minimum absolute atomic E-state index is 0.164. The van der Waals surface area contributed by atoms with Crippen LogP contribution in [-0.2, 0) is 20.3 Å². The van der Waals surface area contributed by atoms with E-state index in [-0.39, 0.29) is 22.2 Å². The van der Waals surface area contributed by atoms with Crippen molar-refractivity contribution in [2.24, 2.45) is 0 Å². The highest BCUT2D eigenvalue weighted by molar-refractivity contribution is 7.90. The number of nitrogens with zero attached hydrogens (tertiary/aromatic N) is 5. The van der Waals surface area contributed by atoms with Crippen LogP contribution in [0.1, 0.15) is 21.1 Å². The summed E-state index contributed by atoms with van der Waals surface area (Å²) in [4.78, 5) is 15.4. The summed E-state index contributed by atoms with van der Waals surface area (Å²) in [6.07, 6.45) is 0. The van der Waals surface area contributed by atoms with Gasteiger partial charge < -0.3 is 9.64 Å². The third kappa shape index (κ3) is 3.76. The lowest BCUT2D eigenvalue weighted by Crippen LogP contribution is -2.41. The van der Waals surface area contributed by atoms with E-state index in [4.69, 9.17) is 9.84 Å². The standard InChI is InChI=1S/C24H21N5O4S2/c1-15-25-26-23(34-15)16-5-4-6-17(13-16)29-22-18-7-2-3-8-20(18)35(31,32)14-19(22)21(27-29)24(30)28-9-11-33-12-10-28/h2-8,13H,9-12,14H2,1H3. The van der Waals surface area contributed by atoms with Gasteiger partial charge in [-0.3, -0.25) is 4.79 Å². The highest BCUT2D eigenvalue weighted by atomic mass is 32.2. The quantitative estimate of drug-likeness (QED) is 0.419. The molecular formula is C24H21N5O4S2. The molecule has 4 heterocycles. The van der Waals surface area contributed by atoms with Crippen molar-refractivity contribution in [3.8, 4) is 27.5 Å². The van der Waals surface area contributed by atoms with Crippen molar-refractivity contribution < 1.29 is 17.9 Å². The van der Waals surface area contributed by atoms with Gasteiger partial charge in [0, 0.05) is 29.8 Å². The van der Waals surface area contributed by atoms with Gasteiger partial charge in [0.15, 0.2) is 15.5 Å². The number of benzene rings is 2. The summed E-state index contributed by atoms with van der Waals surface area (Å²) in [5, 5.41) is 14.7. The Balaban J connectivity index is 1.56. The van der Waals surface area contributed by atoms with Gasteiger partial charge in [-0.25, -0.2) is 13.1 Å². The molecule has 1 amide bonds. The first kappa shape index (κ1) is 22.1. The van der Waals surface area contributed by atoms with Gasteiger partial charge in [-0.2, -0.15) is 5.10 Å². The minimum Gasteiger partial charge on any atom is -0.378 e. The number of ether oxygens (including phenoxy) is 1. The predicted octanol–water partition coefficient (Wildman–Crippen LogP) is 3.13. The smallest absolute Gasteiger partial charge is 0.274 e. The molecule has 9 nitrogen and oxygen atoms in total. The van der Waals surface area contributed by atoms with E-state index >= 15 is 0 Å². The Labute approximate surface area is 205 Å². The molecule has 0 atom stereocenters. The van der Waals surface area contributed by atoms with Crippen molar-refractivity contribution >= 4 is 27.1 Å². The molecule has 0 unspecified atom stereocenters. The predicted molar refractivity (Wildman–Crippen MR) is 130 cm³/mol. The van der Waals surface area contributed by atoms with E-state index in [1.54, 1.807) is 33.8 Å². The molecule has 0 bridgehead atoms. The summed E-state index contributed by atoms with van der Waals surface area (Å²) in [5.74, 6) is -0.561. The fourth-order valence-corrected chi connectivity index (χ4v) is 6.81. The first-order chi connectivity index (χ1) is 16.9. The Hall–Kier alpha value is -3.41. The van der Waals surface area contributed by atoms with Gasteiger partial charge in [-0.05, 0) is 25.1 Å². The number of rotatable bonds is 3. The van der Waals surface area contributed by atoms with E-state index < -0.39 is 9.84 Å². The van der Waals surface area contributed by atoms with Crippen LogP contribution in [0.25, 0.3) is 27.5 Å². The molecule has 35 heavy (non-hydrogen) atoms. The van der Waals surface area contributed by atoms with Gasteiger partial charge in [-0.1, -0.05) is 41.7 Å². The second-order valence-corrected chi connectivity index (χ2v) is 11.6. The number of carbonyl (C=O) groups is 1. The maximum absolute atomic E-state index is 13.5. The zero-order valence-corrected chi connectivity index (χ0v) is 20.5. The number of morpholine rings is 1. The van der Waals surface area contributed by atoms with Crippen LogP contribution >= 0.6 is 11.3 Å². The van der Waals surface area contributed by atoms with Crippen molar-refractivity contribution in [1.82, 2.24) is 24.9 Å². The molecule has 1 fully saturated rings. The van der Waals surface area contributed by atoms with Gasteiger partial charge in [0.2, 0.25) is 0 Å². The Kier molecular flexibility index (Phi) is 5.28. The number of sulfone groups is 1. The average Bonchev–Trinajstić information content (AvgIpc) is 3.48. The van der Waals surface area contributed by atoms with E-state index in [2.05, 4.69) is 10.2 Å². The van der Waals surface area contributed by atoms with E-state index in [1.807, 2.05) is 31.2 Å². The first-order valence-electron chi connectivity index (χ1n) is 11.1. The second-order valence-electron chi connectivity index (χ2n) is 8.42. The number of fused-ring (bicyclic) bond motifs is 3. The number of aromatic nitrogens is 4. The second kappa shape index (κ2) is 8.36. The maximum atomic E-state index is 13.5. The topological polar surface area (TPSA) is 107 Å². The van der Waals surface area contributed by atoms with E-state index in [0.717, 1.165) is 15.6 Å². The molecule has 0 saturated carbocycles. The van der Waals surface area contributed by atoms with Crippen molar-refractivity contribution in [3.63, 3.8) is 0 Å². The van der Waals surface area contributed by atoms with Crippen LogP contribution in [0.2, 0.25) is 0 Å². The van der Waals surface area contributed by atoms with Crippen LogP contribution in [0.4, 0.5) is 0 Å². The van der Waals surface area contributed by atoms with Crippen LogP contribution in [0.15, 0.2) is 53.4 Å². The molecule has 2 aliphatic rings. The zero-order valence-electron chi connectivity index (χ0n) is 18.8. The fraction of sp³-hybridized carbons (Fsp3) is 0.250. The molecule has 0 aliphatic carbocycles. The summed E-state index contributed by atoms with van der Waals surface area (Å²) >= 11 is 1.49. The fourth-order valence-electron chi connectivity index (χ4n) is 4.52. The summed E-state index contributed by atoms with van der Waals surface area (Å²) < 4.78 is 33.4. The summed E-state index contributed by atoms with van der Waals surface area (Å²) in [6.45, 7) is 3.67. The first-order valence-corrected chi connectivity index (χ1v) is 13.6. The Morgan fingerprint density at radius 2 is 1.86 bits per heavy atom. The molecule has 6 rings (SSSR count). The van der Waals surface area contributed by atoms with E-state index in [1.165, 1.54) is 11.3 Å². The summed E-state index contributed by atoms with van der Waals surface area (Å²) in [7, 11) is -3.62. The molecule has 178 valence electrons. The number of aryl methyl sites for hydroxylation is 1. The van der Waals surface area contributed by atoms with Gasteiger partial charge in [0.05, 0.1) is 35.2 Å². The Morgan fingerprint density at radius 1 is 1.06 bits per heavy atom. The van der Waals surface area contributed by atoms with Crippen molar-refractivity contribution in [3.05, 3.63) is 64.8 Å². The van der Waals surface area contributed by atoms with Crippen molar-refractivity contribution in [1.29, 1.82) is 0 Å². The third-order valence-corrected chi connectivity index (χ3v) is 8.74. The van der Waals surface area contributed by atoms with Crippen LogP contribution in [0.5, 0.6) is 0 Å².